The summed E-state index contributed by atoms with van der Waals surface area (Å²) >= 11 is 5.91. The second-order valence-corrected chi connectivity index (χ2v) is 8.01. The number of rotatable bonds is 2. The number of fused-ring (bicyclic) bond motifs is 1. The van der Waals surface area contributed by atoms with E-state index >= 15 is 0 Å². The van der Waals surface area contributed by atoms with Crippen LogP contribution in [0.5, 0.6) is 0 Å². The Hall–Kier alpha value is -0.620. The summed E-state index contributed by atoms with van der Waals surface area (Å²) in [6.45, 7) is 4.02. The predicted molar refractivity (Wildman–Crippen MR) is 79.5 cm³/mol. The van der Waals surface area contributed by atoms with Gasteiger partial charge in [0.2, 0.25) is 10.0 Å². The Balaban J connectivity index is 1.88. The van der Waals surface area contributed by atoms with Crippen LogP contribution in [-0.4, -0.2) is 38.4 Å². The number of nitrogens with zero attached hydrogens (tertiary/aromatic N) is 1. The third kappa shape index (κ3) is 2.48. The summed E-state index contributed by atoms with van der Waals surface area (Å²) in [5, 5.41) is 4.02. The van der Waals surface area contributed by atoms with E-state index < -0.39 is 10.0 Å². The molecule has 1 aromatic rings. The first kappa shape index (κ1) is 14.3. The van der Waals surface area contributed by atoms with E-state index in [2.05, 4.69) is 5.32 Å². The molecule has 0 aromatic heterocycles. The van der Waals surface area contributed by atoms with Crippen molar-refractivity contribution in [3.8, 4) is 0 Å². The molecule has 2 saturated heterocycles. The van der Waals surface area contributed by atoms with Crippen LogP contribution in [0.25, 0.3) is 0 Å². The third-order valence-electron chi connectivity index (χ3n) is 4.37. The fourth-order valence-corrected chi connectivity index (χ4v) is 5.22. The molecule has 2 unspecified atom stereocenters. The summed E-state index contributed by atoms with van der Waals surface area (Å²) in [7, 11) is -3.40. The van der Waals surface area contributed by atoms with Crippen molar-refractivity contribution < 1.29 is 8.42 Å². The molecule has 0 radical (unpaired) electrons. The van der Waals surface area contributed by atoms with Gasteiger partial charge in [-0.1, -0.05) is 11.6 Å². The van der Waals surface area contributed by atoms with Gasteiger partial charge in [-0.25, -0.2) is 8.42 Å². The number of hydrogen-bond donors (Lipinski definition) is 1. The SMILES string of the molecule is Cc1cc(Cl)ccc1S(=O)(=O)N1CCC2NCCC2C1. The standard InChI is InChI=1S/C14H19ClN2O2S/c1-10-8-12(15)2-3-14(10)20(18,19)17-7-5-13-11(9-17)4-6-16-13/h2-3,8,11,13,16H,4-7,9H2,1H3. The molecule has 2 aliphatic heterocycles. The van der Waals surface area contributed by atoms with Crippen molar-refractivity contribution in [2.24, 2.45) is 5.92 Å². The molecule has 20 heavy (non-hydrogen) atoms. The zero-order valence-corrected chi connectivity index (χ0v) is 13.0. The maximum absolute atomic E-state index is 12.8. The highest BCUT2D eigenvalue weighted by Crippen LogP contribution is 2.30. The molecule has 0 spiro atoms. The van der Waals surface area contributed by atoms with E-state index in [0.717, 1.165) is 19.4 Å². The summed E-state index contributed by atoms with van der Waals surface area (Å²) in [4.78, 5) is 0.381. The highest BCUT2D eigenvalue weighted by atomic mass is 35.5. The molecule has 0 saturated carbocycles. The van der Waals surface area contributed by atoms with Gasteiger partial charge in [0.15, 0.2) is 0 Å². The Morgan fingerprint density at radius 1 is 1.35 bits per heavy atom. The van der Waals surface area contributed by atoms with Crippen LogP contribution >= 0.6 is 11.6 Å². The van der Waals surface area contributed by atoms with Crippen LogP contribution in [0.4, 0.5) is 0 Å². The first-order chi connectivity index (χ1) is 9.48. The molecule has 6 heteroatoms. The number of piperidine rings is 1. The van der Waals surface area contributed by atoms with E-state index in [9.17, 15) is 8.42 Å². The lowest BCUT2D eigenvalue weighted by Crippen LogP contribution is -2.46. The van der Waals surface area contributed by atoms with Crippen LogP contribution < -0.4 is 5.32 Å². The minimum atomic E-state index is -3.40. The summed E-state index contributed by atoms with van der Waals surface area (Å²) in [5.74, 6) is 0.450. The van der Waals surface area contributed by atoms with Gasteiger partial charge in [0.1, 0.15) is 0 Å². The fourth-order valence-electron chi connectivity index (χ4n) is 3.27. The number of nitrogens with one attached hydrogen (secondary N) is 1. The molecule has 4 nitrogen and oxygen atoms in total. The lowest BCUT2D eigenvalue weighted by Gasteiger charge is -2.34. The number of benzene rings is 1. The fraction of sp³-hybridized carbons (Fsp3) is 0.571. The average molecular weight is 315 g/mol. The molecule has 1 N–H and O–H groups in total. The Kier molecular flexibility index (Phi) is 3.79. The Labute approximate surface area is 125 Å². The Bertz CT molecular complexity index is 618. The number of sulfonamides is 1. The van der Waals surface area contributed by atoms with Gasteiger partial charge >= 0.3 is 0 Å². The van der Waals surface area contributed by atoms with Crippen molar-refractivity contribution >= 4 is 21.6 Å². The molecule has 3 rings (SSSR count). The monoisotopic (exact) mass is 314 g/mol. The quantitative estimate of drug-likeness (QED) is 0.908. The Morgan fingerprint density at radius 3 is 2.90 bits per heavy atom. The number of aryl methyl sites for hydroxylation is 1. The van der Waals surface area contributed by atoms with Gasteiger partial charge in [-0.2, -0.15) is 4.31 Å². The zero-order valence-electron chi connectivity index (χ0n) is 11.5. The highest BCUT2D eigenvalue weighted by molar-refractivity contribution is 7.89. The number of halogens is 1. The van der Waals surface area contributed by atoms with E-state index in [-0.39, 0.29) is 0 Å². The van der Waals surface area contributed by atoms with Crippen LogP contribution in [0.2, 0.25) is 5.02 Å². The topological polar surface area (TPSA) is 49.4 Å². The molecule has 0 bridgehead atoms. The maximum atomic E-state index is 12.8. The largest absolute Gasteiger partial charge is 0.314 e. The van der Waals surface area contributed by atoms with Crippen molar-refractivity contribution in [2.45, 2.75) is 30.7 Å². The molecule has 2 atom stereocenters. The normalized spacial score (nSPS) is 27.5. The lowest BCUT2D eigenvalue weighted by molar-refractivity contribution is 0.247. The summed E-state index contributed by atoms with van der Waals surface area (Å²) in [6.07, 6.45) is 1.97. The van der Waals surface area contributed by atoms with Crippen LogP contribution in [0.3, 0.4) is 0 Å². The summed E-state index contributed by atoms with van der Waals surface area (Å²) < 4.78 is 27.2. The van der Waals surface area contributed by atoms with Crippen LogP contribution in [0.15, 0.2) is 23.1 Å². The van der Waals surface area contributed by atoms with Crippen LogP contribution in [0.1, 0.15) is 18.4 Å². The van der Waals surface area contributed by atoms with Gasteiger partial charge in [0.25, 0.3) is 0 Å². The molecule has 2 heterocycles. The van der Waals surface area contributed by atoms with E-state index in [0.29, 0.717) is 40.5 Å². The van der Waals surface area contributed by atoms with Crippen molar-refractivity contribution in [1.29, 1.82) is 0 Å². The molecule has 0 amide bonds. The minimum Gasteiger partial charge on any atom is -0.314 e. The van der Waals surface area contributed by atoms with Crippen molar-refractivity contribution in [3.05, 3.63) is 28.8 Å². The van der Waals surface area contributed by atoms with E-state index in [1.54, 1.807) is 29.4 Å². The maximum Gasteiger partial charge on any atom is 0.243 e. The summed E-state index contributed by atoms with van der Waals surface area (Å²) in [5.41, 5.74) is 0.712. The van der Waals surface area contributed by atoms with Crippen LogP contribution in [0, 0.1) is 12.8 Å². The first-order valence-corrected chi connectivity index (χ1v) is 8.80. The van der Waals surface area contributed by atoms with Crippen molar-refractivity contribution in [3.63, 3.8) is 0 Å². The lowest BCUT2D eigenvalue weighted by atomic mass is 9.95. The molecule has 1 aromatic carbocycles. The van der Waals surface area contributed by atoms with E-state index in [4.69, 9.17) is 11.6 Å². The van der Waals surface area contributed by atoms with Gasteiger partial charge < -0.3 is 5.32 Å². The van der Waals surface area contributed by atoms with Gasteiger partial charge in [-0.05, 0) is 56.0 Å². The summed E-state index contributed by atoms with van der Waals surface area (Å²) in [6, 6.07) is 5.46. The molecular formula is C14H19ClN2O2S. The van der Waals surface area contributed by atoms with Gasteiger partial charge in [-0.3, -0.25) is 0 Å². The van der Waals surface area contributed by atoms with Gasteiger partial charge in [0, 0.05) is 24.2 Å². The molecule has 2 aliphatic rings. The zero-order chi connectivity index (χ0) is 14.3. The van der Waals surface area contributed by atoms with Crippen LogP contribution in [-0.2, 0) is 10.0 Å². The van der Waals surface area contributed by atoms with Crippen molar-refractivity contribution in [1.82, 2.24) is 9.62 Å². The van der Waals surface area contributed by atoms with Gasteiger partial charge in [-0.15, -0.1) is 0 Å². The second-order valence-electron chi connectivity index (χ2n) is 5.67. The highest BCUT2D eigenvalue weighted by Gasteiger charge is 2.37. The molecular weight excluding hydrogens is 296 g/mol. The minimum absolute atomic E-state index is 0.381. The van der Waals surface area contributed by atoms with Gasteiger partial charge in [0.05, 0.1) is 4.90 Å². The second kappa shape index (κ2) is 5.30. The Morgan fingerprint density at radius 2 is 2.15 bits per heavy atom. The smallest absolute Gasteiger partial charge is 0.243 e. The predicted octanol–water partition coefficient (Wildman–Crippen LogP) is 2.02. The molecule has 2 fully saturated rings. The molecule has 110 valence electrons. The average Bonchev–Trinajstić information content (AvgIpc) is 2.85. The number of hydrogen-bond acceptors (Lipinski definition) is 3. The van der Waals surface area contributed by atoms with E-state index in [1.165, 1.54) is 0 Å². The third-order valence-corrected chi connectivity index (χ3v) is 6.63. The van der Waals surface area contributed by atoms with Crippen molar-refractivity contribution in [2.75, 3.05) is 19.6 Å². The molecule has 0 aliphatic carbocycles. The first-order valence-electron chi connectivity index (χ1n) is 6.98. The van der Waals surface area contributed by atoms with E-state index in [1.807, 2.05) is 0 Å².